The van der Waals surface area contributed by atoms with E-state index in [1.165, 1.54) is 48.6 Å². The molecule has 2 aromatic carbocycles. The molecule has 0 aliphatic heterocycles. The molecule has 0 aliphatic carbocycles. The van der Waals surface area contributed by atoms with Gasteiger partial charge in [0.05, 0.1) is 10.5 Å². The van der Waals surface area contributed by atoms with Crippen LogP contribution in [-0.2, 0) is 4.79 Å². The molecule has 0 fully saturated rings. The molecule has 0 saturated carbocycles. The van der Waals surface area contributed by atoms with E-state index in [0.717, 1.165) is 18.3 Å². The second kappa shape index (κ2) is 8.22. The van der Waals surface area contributed by atoms with Crippen molar-refractivity contribution in [3.8, 4) is 11.4 Å². The summed E-state index contributed by atoms with van der Waals surface area (Å²) in [7, 11) is 0. The number of halogens is 2. The number of aromatic nitrogens is 3. The van der Waals surface area contributed by atoms with Gasteiger partial charge in [0.15, 0.2) is 11.5 Å². The number of carbonyl (C=O) groups excluding carboxylic acids is 1. The van der Waals surface area contributed by atoms with Gasteiger partial charge in [0.1, 0.15) is 23.3 Å². The first kappa shape index (κ1) is 20.6. The summed E-state index contributed by atoms with van der Waals surface area (Å²) in [4.78, 5) is 30.1. The topological polar surface area (TPSA) is 123 Å². The zero-order valence-corrected chi connectivity index (χ0v) is 16.1. The van der Waals surface area contributed by atoms with Crippen molar-refractivity contribution >= 4 is 34.5 Å². The first-order valence-electron chi connectivity index (χ1n) is 9.08. The second-order valence-electron chi connectivity index (χ2n) is 6.61. The number of hydrogen-bond acceptors (Lipinski definition) is 6. The minimum absolute atomic E-state index is 0.00388. The molecule has 9 nitrogen and oxygen atoms in total. The van der Waals surface area contributed by atoms with Gasteiger partial charge in [0.2, 0.25) is 5.91 Å². The van der Waals surface area contributed by atoms with Gasteiger partial charge < -0.3 is 10.5 Å². The van der Waals surface area contributed by atoms with Gasteiger partial charge in [0, 0.05) is 17.8 Å². The summed E-state index contributed by atoms with van der Waals surface area (Å²) in [6, 6.07) is 10.3. The lowest BCUT2D eigenvalue weighted by atomic mass is 10.1. The fourth-order valence-electron chi connectivity index (χ4n) is 2.92. The Hall–Kier alpha value is -4.67. The van der Waals surface area contributed by atoms with Crippen LogP contribution in [0.4, 0.5) is 20.2 Å². The molecule has 2 aromatic heterocycles. The first-order valence-corrected chi connectivity index (χ1v) is 9.08. The van der Waals surface area contributed by atoms with Crippen LogP contribution in [0.25, 0.3) is 28.6 Å². The molecule has 4 rings (SSSR count). The Morgan fingerprint density at radius 3 is 2.59 bits per heavy atom. The van der Waals surface area contributed by atoms with E-state index in [1.807, 2.05) is 0 Å². The highest BCUT2D eigenvalue weighted by Crippen LogP contribution is 2.28. The lowest BCUT2D eigenvalue weighted by Gasteiger charge is -2.06. The minimum Gasteiger partial charge on any atom is -0.426 e. The van der Waals surface area contributed by atoms with Crippen LogP contribution in [0.2, 0.25) is 0 Å². The highest BCUT2D eigenvalue weighted by atomic mass is 19.1. The quantitative estimate of drug-likeness (QED) is 0.209. The van der Waals surface area contributed by atoms with Gasteiger partial charge in [-0.25, -0.2) is 18.7 Å². The second-order valence-corrected chi connectivity index (χ2v) is 6.61. The Bertz CT molecular complexity index is 1380. The molecule has 0 aliphatic rings. The predicted octanol–water partition coefficient (Wildman–Crippen LogP) is 4.17. The van der Waals surface area contributed by atoms with E-state index in [2.05, 4.69) is 15.3 Å². The van der Waals surface area contributed by atoms with E-state index in [9.17, 15) is 28.9 Å². The van der Waals surface area contributed by atoms with Crippen molar-refractivity contribution in [3.63, 3.8) is 0 Å². The lowest BCUT2D eigenvalue weighted by Crippen LogP contribution is -2.08. The van der Waals surface area contributed by atoms with Crippen molar-refractivity contribution in [1.29, 1.82) is 0 Å². The fourth-order valence-corrected chi connectivity index (χ4v) is 2.92. The summed E-state index contributed by atoms with van der Waals surface area (Å²) in [5.74, 6) is -1.94. The molecule has 11 heteroatoms. The normalized spacial score (nSPS) is 11.2. The van der Waals surface area contributed by atoms with Crippen LogP contribution in [0.1, 0.15) is 5.56 Å². The Kier molecular flexibility index (Phi) is 5.29. The lowest BCUT2D eigenvalue weighted by molar-refractivity contribution is -0.385. The molecule has 0 unspecified atom stereocenters. The van der Waals surface area contributed by atoms with Gasteiger partial charge in [-0.3, -0.25) is 14.9 Å². The predicted molar refractivity (Wildman–Crippen MR) is 111 cm³/mol. The Morgan fingerprint density at radius 1 is 1.16 bits per heavy atom. The summed E-state index contributed by atoms with van der Waals surface area (Å²) in [5.41, 5.74) is 0.236. The van der Waals surface area contributed by atoms with Crippen molar-refractivity contribution in [3.05, 3.63) is 88.1 Å². The monoisotopic (exact) mass is 437 g/mol. The number of benzene rings is 2. The Morgan fingerprint density at radius 2 is 1.91 bits per heavy atom. The maximum atomic E-state index is 14.7. The average Bonchev–Trinajstić information content (AvgIpc) is 3.09. The largest absolute Gasteiger partial charge is 0.426 e. The maximum absolute atomic E-state index is 14.7. The molecule has 160 valence electrons. The number of anilines is 1. The van der Waals surface area contributed by atoms with E-state index in [-0.39, 0.29) is 33.9 Å². The van der Waals surface area contributed by atoms with E-state index < -0.39 is 22.5 Å². The van der Waals surface area contributed by atoms with Crippen molar-refractivity contribution in [2.75, 3.05) is 5.32 Å². The third-order valence-corrected chi connectivity index (χ3v) is 4.46. The van der Waals surface area contributed by atoms with Crippen molar-refractivity contribution in [2.45, 2.75) is 0 Å². The number of nitro groups is 1. The van der Waals surface area contributed by atoms with E-state index in [1.54, 1.807) is 0 Å². The number of imidazole rings is 1. The third-order valence-electron chi connectivity index (χ3n) is 4.46. The van der Waals surface area contributed by atoms with Crippen molar-refractivity contribution in [1.82, 2.24) is 14.7 Å². The maximum Gasteiger partial charge on any atom is 0.289 e. The molecule has 0 saturated heterocycles. The van der Waals surface area contributed by atoms with Crippen LogP contribution in [-0.4, -0.2) is 30.7 Å². The molecule has 0 spiro atoms. The van der Waals surface area contributed by atoms with Crippen LogP contribution in [0.3, 0.4) is 0 Å². The van der Waals surface area contributed by atoms with Crippen molar-refractivity contribution < 1.29 is 23.7 Å². The van der Waals surface area contributed by atoms with Crippen LogP contribution >= 0.6 is 0 Å². The number of hydrogen-bond donors (Lipinski definition) is 2. The molecule has 0 radical (unpaired) electrons. The summed E-state index contributed by atoms with van der Waals surface area (Å²) >= 11 is 0. The van der Waals surface area contributed by atoms with Gasteiger partial charge in [-0.05, 0) is 42.0 Å². The van der Waals surface area contributed by atoms with Crippen LogP contribution in [0.15, 0.2) is 60.8 Å². The molecule has 2 heterocycles. The molecular formula is C21H13F2N5O4. The number of fused-ring (bicyclic) bond motifs is 1. The smallest absolute Gasteiger partial charge is 0.289 e. The SMILES string of the molecule is O=C(/C=C/c1ccc(F)cc1)Nc1ccc(-c2nc3ncc([N+](=O)[O-])cc3n2O)c(F)c1. The number of nitrogens with one attached hydrogen (secondary N) is 1. The Labute approximate surface area is 178 Å². The standard InChI is InChI=1S/C21H13F2N5O4/c22-13-4-1-12(2-5-13)3-8-19(29)25-14-6-7-16(17(23)9-14)21-26-20-18(27(21)30)10-15(11-24-20)28(31)32/h1-11,30H,(H,25,29)/b8-3+. The average molecular weight is 437 g/mol. The minimum atomic E-state index is -0.801. The Balaban J connectivity index is 1.55. The summed E-state index contributed by atoms with van der Waals surface area (Å²) in [6.45, 7) is 0. The van der Waals surface area contributed by atoms with Crippen molar-refractivity contribution in [2.24, 2.45) is 0 Å². The number of rotatable bonds is 5. The van der Waals surface area contributed by atoms with Gasteiger partial charge >= 0.3 is 0 Å². The highest BCUT2D eigenvalue weighted by molar-refractivity contribution is 6.02. The van der Waals surface area contributed by atoms with E-state index >= 15 is 0 Å². The van der Waals surface area contributed by atoms with E-state index in [4.69, 9.17) is 0 Å². The molecule has 0 bridgehead atoms. The summed E-state index contributed by atoms with van der Waals surface area (Å²) in [6.07, 6.45) is 3.66. The number of pyridine rings is 1. The van der Waals surface area contributed by atoms with Gasteiger partial charge in [-0.1, -0.05) is 12.1 Å². The number of amides is 1. The summed E-state index contributed by atoms with van der Waals surface area (Å²) < 4.78 is 28.1. The first-order chi connectivity index (χ1) is 15.3. The van der Waals surface area contributed by atoms with Crippen LogP contribution in [0, 0.1) is 21.7 Å². The fraction of sp³-hybridized carbons (Fsp3) is 0. The summed E-state index contributed by atoms with van der Waals surface area (Å²) in [5, 5.41) is 23.7. The molecule has 2 N–H and O–H groups in total. The highest BCUT2D eigenvalue weighted by Gasteiger charge is 2.19. The number of carbonyl (C=O) groups is 1. The van der Waals surface area contributed by atoms with Crippen LogP contribution in [0.5, 0.6) is 0 Å². The van der Waals surface area contributed by atoms with E-state index in [0.29, 0.717) is 10.3 Å². The molecule has 4 aromatic rings. The zero-order valence-electron chi connectivity index (χ0n) is 16.1. The molecular weight excluding hydrogens is 424 g/mol. The molecule has 32 heavy (non-hydrogen) atoms. The number of nitrogens with zero attached hydrogens (tertiary/aromatic N) is 4. The van der Waals surface area contributed by atoms with Gasteiger partial charge in [-0.2, -0.15) is 4.73 Å². The van der Waals surface area contributed by atoms with Crippen LogP contribution < -0.4 is 5.32 Å². The third kappa shape index (κ3) is 4.12. The molecule has 0 atom stereocenters. The van der Waals surface area contributed by atoms with Gasteiger partial charge in [0.25, 0.3) is 5.69 Å². The zero-order chi connectivity index (χ0) is 22.8. The molecule has 1 amide bonds. The van der Waals surface area contributed by atoms with Gasteiger partial charge in [-0.15, -0.1) is 0 Å².